The van der Waals surface area contributed by atoms with Crippen molar-refractivity contribution in [3.05, 3.63) is 71.2 Å². The molecule has 1 N–H and O–H groups in total. The topological polar surface area (TPSA) is 108 Å². The van der Waals surface area contributed by atoms with Crippen molar-refractivity contribution in [1.29, 1.82) is 0 Å². The van der Waals surface area contributed by atoms with E-state index in [2.05, 4.69) is 0 Å². The largest absolute Gasteiger partial charge is 0.507 e. The fourth-order valence-electron chi connectivity index (χ4n) is 4.38. The number of carbonyl (C=O) groups is 2. The first-order valence-corrected chi connectivity index (χ1v) is 11.6. The van der Waals surface area contributed by atoms with Crippen LogP contribution in [0.4, 0.5) is 5.69 Å². The number of rotatable bonds is 7. The number of carbonyl (C=O) groups excluding carboxylic acids is 2. The van der Waals surface area contributed by atoms with Crippen LogP contribution in [0.15, 0.2) is 58.5 Å². The van der Waals surface area contributed by atoms with Gasteiger partial charge < -0.3 is 28.5 Å². The first kappa shape index (κ1) is 23.3. The third kappa shape index (κ3) is 3.92. The molecule has 0 radical (unpaired) electrons. The summed E-state index contributed by atoms with van der Waals surface area (Å²) in [4.78, 5) is 28.0. The van der Waals surface area contributed by atoms with Crippen LogP contribution in [-0.2, 0) is 9.59 Å². The Hall–Kier alpha value is -4.40. The lowest BCUT2D eigenvalue weighted by atomic mass is 9.98. The van der Waals surface area contributed by atoms with Crippen LogP contribution in [0.2, 0.25) is 0 Å². The lowest BCUT2D eigenvalue weighted by Gasteiger charge is -2.24. The van der Waals surface area contributed by atoms with E-state index < -0.39 is 17.7 Å². The second-order valence-corrected chi connectivity index (χ2v) is 8.18. The molecule has 1 aromatic heterocycles. The van der Waals surface area contributed by atoms with Crippen LogP contribution in [0.3, 0.4) is 0 Å². The van der Waals surface area contributed by atoms with Crippen molar-refractivity contribution in [1.82, 2.24) is 0 Å². The molecule has 0 bridgehead atoms. The van der Waals surface area contributed by atoms with Crippen LogP contribution < -0.4 is 23.8 Å². The fourth-order valence-corrected chi connectivity index (χ4v) is 4.38. The van der Waals surface area contributed by atoms with E-state index in [-0.39, 0.29) is 23.7 Å². The Morgan fingerprint density at radius 3 is 2.50 bits per heavy atom. The van der Waals surface area contributed by atoms with Gasteiger partial charge in [-0.3, -0.25) is 14.5 Å². The maximum atomic E-state index is 13.4. The van der Waals surface area contributed by atoms with Crippen LogP contribution in [0.1, 0.15) is 37.0 Å². The van der Waals surface area contributed by atoms with Crippen molar-refractivity contribution in [3.63, 3.8) is 0 Å². The number of Topliss-reactive ketones (excluding diaryl/α,β-unsaturated/α-hetero) is 1. The number of furan rings is 1. The SMILES string of the molecule is CCOc1ccc(/C(O)=C2/C(=O)C(=O)N(c3ccc4c(c3)OCO4)C2c2ccc(C)o2)c(OCC)c1. The van der Waals surface area contributed by atoms with Crippen LogP contribution in [0.5, 0.6) is 23.0 Å². The van der Waals surface area contributed by atoms with Crippen molar-refractivity contribution in [3.8, 4) is 23.0 Å². The van der Waals surface area contributed by atoms with Crippen LogP contribution in [-0.4, -0.2) is 36.8 Å². The molecule has 0 aliphatic carbocycles. The number of benzene rings is 2. The minimum Gasteiger partial charge on any atom is -0.507 e. The Balaban J connectivity index is 1.68. The predicted octanol–water partition coefficient (Wildman–Crippen LogP) is 4.74. The van der Waals surface area contributed by atoms with Gasteiger partial charge in [0, 0.05) is 17.8 Å². The molecule has 9 nitrogen and oxygen atoms in total. The van der Waals surface area contributed by atoms with Crippen molar-refractivity contribution >= 4 is 23.1 Å². The molecule has 1 fully saturated rings. The molecule has 1 atom stereocenters. The molecule has 9 heteroatoms. The second-order valence-electron chi connectivity index (χ2n) is 8.18. The Kier molecular flexibility index (Phi) is 6.05. The van der Waals surface area contributed by atoms with Gasteiger partial charge in [-0.1, -0.05) is 0 Å². The molecule has 186 valence electrons. The van der Waals surface area contributed by atoms with Crippen LogP contribution >= 0.6 is 0 Å². The van der Waals surface area contributed by atoms with Gasteiger partial charge in [-0.25, -0.2) is 0 Å². The monoisotopic (exact) mass is 491 g/mol. The van der Waals surface area contributed by atoms with Gasteiger partial charge in [0.2, 0.25) is 6.79 Å². The number of ether oxygens (including phenoxy) is 4. The summed E-state index contributed by atoms with van der Waals surface area (Å²) in [5.41, 5.74) is 0.547. The number of aliphatic hydroxyl groups excluding tert-OH is 1. The van der Waals surface area contributed by atoms with Crippen LogP contribution in [0.25, 0.3) is 5.76 Å². The molecule has 5 rings (SSSR count). The Labute approximate surface area is 207 Å². The van der Waals surface area contributed by atoms with Crippen LogP contribution in [0, 0.1) is 6.92 Å². The average molecular weight is 491 g/mol. The summed E-state index contributed by atoms with van der Waals surface area (Å²) in [6.07, 6.45) is 0. The third-order valence-electron chi connectivity index (χ3n) is 5.93. The van der Waals surface area contributed by atoms with E-state index in [9.17, 15) is 14.7 Å². The van der Waals surface area contributed by atoms with Crippen molar-refractivity contribution in [2.75, 3.05) is 24.9 Å². The number of ketones is 1. The third-order valence-corrected chi connectivity index (χ3v) is 5.93. The van der Waals surface area contributed by atoms with Crippen molar-refractivity contribution in [2.24, 2.45) is 0 Å². The van der Waals surface area contributed by atoms with Gasteiger partial charge in [0.15, 0.2) is 11.5 Å². The zero-order valence-corrected chi connectivity index (χ0v) is 20.1. The van der Waals surface area contributed by atoms with E-state index in [4.69, 9.17) is 23.4 Å². The Bertz CT molecular complexity index is 1370. The molecule has 36 heavy (non-hydrogen) atoms. The molecule has 2 aliphatic rings. The lowest BCUT2D eigenvalue weighted by molar-refractivity contribution is -0.132. The van der Waals surface area contributed by atoms with E-state index in [1.807, 2.05) is 6.92 Å². The van der Waals surface area contributed by atoms with E-state index in [0.29, 0.717) is 53.4 Å². The number of fused-ring (bicyclic) bond motifs is 1. The molecule has 2 aliphatic heterocycles. The van der Waals surface area contributed by atoms with Gasteiger partial charge in [0.1, 0.15) is 34.8 Å². The molecular formula is C27H25NO8. The first-order chi connectivity index (χ1) is 17.4. The number of aryl methyl sites for hydroxylation is 1. The minimum atomic E-state index is -1.01. The van der Waals surface area contributed by atoms with E-state index in [1.54, 1.807) is 62.4 Å². The fraction of sp³-hybridized carbons (Fsp3) is 0.259. The maximum absolute atomic E-state index is 13.4. The highest BCUT2D eigenvalue weighted by Gasteiger charge is 2.49. The maximum Gasteiger partial charge on any atom is 0.300 e. The quantitative estimate of drug-likeness (QED) is 0.287. The molecule has 2 aromatic carbocycles. The number of hydrogen-bond donors (Lipinski definition) is 1. The van der Waals surface area contributed by atoms with E-state index >= 15 is 0 Å². The molecular weight excluding hydrogens is 466 g/mol. The number of anilines is 1. The van der Waals surface area contributed by atoms with E-state index in [0.717, 1.165) is 0 Å². The number of hydrogen-bond acceptors (Lipinski definition) is 8. The van der Waals surface area contributed by atoms with E-state index in [1.165, 1.54) is 4.90 Å². The van der Waals surface area contributed by atoms with Crippen molar-refractivity contribution < 1.29 is 38.1 Å². The zero-order valence-electron chi connectivity index (χ0n) is 20.1. The molecule has 1 saturated heterocycles. The molecule has 0 spiro atoms. The highest BCUT2D eigenvalue weighted by molar-refractivity contribution is 6.51. The van der Waals surface area contributed by atoms with Gasteiger partial charge in [-0.2, -0.15) is 0 Å². The highest BCUT2D eigenvalue weighted by Crippen LogP contribution is 2.46. The smallest absolute Gasteiger partial charge is 0.300 e. The van der Waals surface area contributed by atoms with Gasteiger partial charge in [0.05, 0.1) is 24.4 Å². The summed E-state index contributed by atoms with van der Waals surface area (Å²) < 4.78 is 28.0. The standard InChI is InChI=1S/C27H25NO8/c1-4-32-17-8-9-18(21(13-17)33-5-2)25(29)23-24(20-10-6-15(3)36-20)28(27(31)26(23)30)16-7-11-19-22(12-16)35-14-34-19/h6-13,24,29H,4-5,14H2,1-3H3/b25-23-. The summed E-state index contributed by atoms with van der Waals surface area (Å²) in [7, 11) is 0. The minimum absolute atomic E-state index is 0.0658. The normalized spacial score (nSPS) is 18.1. The second kappa shape index (κ2) is 9.33. The highest BCUT2D eigenvalue weighted by atomic mass is 16.7. The van der Waals surface area contributed by atoms with Gasteiger partial charge in [-0.15, -0.1) is 0 Å². The summed E-state index contributed by atoms with van der Waals surface area (Å²) in [5.74, 6) is 0.764. The summed E-state index contributed by atoms with van der Waals surface area (Å²) in [5, 5.41) is 11.5. The molecule has 1 amide bonds. The van der Waals surface area contributed by atoms with Gasteiger partial charge in [0.25, 0.3) is 11.7 Å². The van der Waals surface area contributed by atoms with Gasteiger partial charge in [-0.05, 0) is 57.2 Å². The molecule has 3 heterocycles. The molecule has 0 saturated carbocycles. The zero-order chi connectivity index (χ0) is 25.4. The molecule has 1 unspecified atom stereocenters. The summed E-state index contributed by atoms with van der Waals surface area (Å²) in [6, 6.07) is 12.3. The first-order valence-electron chi connectivity index (χ1n) is 11.6. The number of amides is 1. The summed E-state index contributed by atoms with van der Waals surface area (Å²) in [6.45, 7) is 6.27. The predicted molar refractivity (Wildman–Crippen MR) is 130 cm³/mol. The molecule has 3 aromatic rings. The van der Waals surface area contributed by atoms with Gasteiger partial charge >= 0.3 is 0 Å². The summed E-state index contributed by atoms with van der Waals surface area (Å²) >= 11 is 0. The number of nitrogens with zero attached hydrogens (tertiary/aromatic N) is 1. The lowest BCUT2D eigenvalue weighted by Crippen LogP contribution is -2.29. The number of aliphatic hydroxyl groups is 1. The Morgan fingerprint density at radius 1 is 1.00 bits per heavy atom. The van der Waals surface area contributed by atoms with Crippen molar-refractivity contribution in [2.45, 2.75) is 26.8 Å². The average Bonchev–Trinajstić information content (AvgIpc) is 3.57. The Morgan fingerprint density at radius 2 is 1.78 bits per heavy atom.